The number of piperazine rings is 1. The number of fused-ring (bicyclic) bond motifs is 1. The molecule has 4 rings (SSSR count). The van der Waals surface area contributed by atoms with E-state index in [4.69, 9.17) is 11.5 Å². The van der Waals surface area contributed by atoms with Gasteiger partial charge in [-0.05, 0) is 30.1 Å². The Balaban J connectivity index is 1.63. The number of pyridine rings is 1. The number of likely N-dealkylation sites (N-methyl/N-ethyl adjacent to an activating group) is 1. The number of nitrogens with zero attached hydrogens (tertiary/aromatic N) is 3. The number of thiophene rings is 1. The van der Waals surface area contributed by atoms with Crippen LogP contribution in [-0.4, -0.2) is 54.6 Å². The molecule has 1 aliphatic rings. The smallest absolute Gasteiger partial charge is 0.132 e. The summed E-state index contributed by atoms with van der Waals surface area (Å²) in [7, 11) is 2.16. The molecule has 138 valence electrons. The Labute approximate surface area is 163 Å². The van der Waals surface area contributed by atoms with Gasteiger partial charge >= 0.3 is 0 Å². The molecule has 0 bridgehead atoms. The summed E-state index contributed by atoms with van der Waals surface area (Å²) in [5.74, 6) is 7.18. The van der Waals surface area contributed by atoms with Crippen molar-refractivity contribution in [2.45, 2.75) is 0 Å². The van der Waals surface area contributed by atoms with Gasteiger partial charge in [0.1, 0.15) is 5.82 Å². The van der Waals surface area contributed by atoms with E-state index in [1.807, 2.05) is 24.3 Å². The van der Waals surface area contributed by atoms with E-state index in [9.17, 15) is 0 Å². The number of anilines is 2. The van der Waals surface area contributed by atoms with E-state index in [1.165, 1.54) is 0 Å². The second kappa shape index (κ2) is 7.57. The van der Waals surface area contributed by atoms with Crippen LogP contribution in [0.5, 0.6) is 0 Å². The lowest BCUT2D eigenvalue weighted by molar-refractivity contribution is 0.168. The molecule has 1 aliphatic heterocycles. The van der Waals surface area contributed by atoms with Crippen LogP contribution in [0, 0.1) is 11.8 Å². The Bertz CT molecular complexity index is 1000. The summed E-state index contributed by atoms with van der Waals surface area (Å²) >= 11 is 1.67. The molecule has 5 nitrogen and oxygen atoms in total. The van der Waals surface area contributed by atoms with Gasteiger partial charge in [0.05, 0.1) is 16.8 Å². The van der Waals surface area contributed by atoms with Gasteiger partial charge in [0, 0.05) is 49.0 Å². The molecule has 0 amide bonds. The van der Waals surface area contributed by atoms with Crippen LogP contribution in [0.25, 0.3) is 21.2 Å². The van der Waals surface area contributed by atoms with Crippen molar-refractivity contribution >= 4 is 32.9 Å². The van der Waals surface area contributed by atoms with Gasteiger partial charge < -0.3 is 16.4 Å². The minimum absolute atomic E-state index is 0.544. The average molecular weight is 378 g/mol. The molecule has 27 heavy (non-hydrogen) atoms. The van der Waals surface area contributed by atoms with Gasteiger partial charge in [-0.3, -0.25) is 4.90 Å². The Morgan fingerprint density at radius 3 is 2.59 bits per heavy atom. The highest BCUT2D eigenvalue weighted by Crippen LogP contribution is 2.38. The first-order valence-corrected chi connectivity index (χ1v) is 9.91. The second-order valence-electron chi connectivity index (χ2n) is 6.91. The zero-order valence-corrected chi connectivity index (χ0v) is 16.2. The van der Waals surface area contributed by atoms with Gasteiger partial charge in [-0.1, -0.05) is 24.0 Å². The standard InChI is InChI=1S/C21H23N5S/c1-25-9-11-26(12-10-25)8-2-3-16-13-24-21(23)19-18(14-27-20(16)19)15-4-6-17(22)7-5-15/h4-7,13-14H,8-12,22H2,1H3,(H2,23,24). The fourth-order valence-electron chi connectivity index (χ4n) is 3.28. The molecule has 1 fully saturated rings. The molecule has 0 atom stereocenters. The van der Waals surface area contributed by atoms with Crippen LogP contribution in [0.4, 0.5) is 11.5 Å². The maximum absolute atomic E-state index is 6.21. The lowest BCUT2D eigenvalue weighted by atomic mass is 10.0. The predicted octanol–water partition coefficient (Wildman–Crippen LogP) is 2.73. The molecule has 1 aromatic carbocycles. The molecular weight excluding hydrogens is 354 g/mol. The molecule has 2 aromatic heterocycles. The molecule has 0 spiro atoms. The Morgan fingerprint density at radius 2 is 1.85 bits per heavy atom. The Kier molecular flexibility index (Phi) is 4.99. The fraction of sp³-hybridized carbons (Fsp3) is 0.286. The number of nitrogen functional groups attached to an aromatic ring is 2. The van der Waals surface area contributed by atoms with Crippen molar-refractivity contribution in [3.8, 4) is 23.0 Å². The lowest BCUT2D eigenvalue weighted by Gasteiger charge is -2.30. The van der Waals surface area contributed by atoms with Gasteiger partial charge in [-0.25, -0.2) is 4.98 Å². The van der Waals surface area contributed by atoms with Crippen molar-refractivity contribution in [3.63, 3.8) is 0 Å². The van der Waals surface area contributed by atoms with Gasteiger partial charge in [-0.2, -0.15) is 0 Å². The second-order valence-corrected chi connectivity index (χ2v) is 7.79. The highest BCUT2D eigenvalue weighted by Gasteiger charge is 2.14. The number of hydrogen-bond acceptors (Lipinski definition) is 6. The number of benzene rings is 1. The monoisotopic (exact) mass is 377 g/mol. The summed E-state index contributed by atoms with van der Waals surface area (Å²) in [6, 6.07) is 7.84. The Morgan fingerprint density at radius 1 is 1.11 bits per heavy atom. The number of nitrogens with two attached hydrogens (primary N) is 2. The third-order valence-corrected chi connectivity index (χ3v) is 5.98. The molecule has 4 N–H and O–H groups in total. The van der Waals surface area contributed by atoms with Gasteiger partial charge in [0.2, 0.25) is 0 Å². The van der Waals surface area contributed by atoms with E-state index in [-0.39, 0.29) is 0 Å². The van der Waals surface area contributed by atoms with Crippen molar-refractivity contribution in [1.82, 2.24) is 14.8 Å². The first kappa shape index (κ1) is 17.8. The molecule has 3 aromatic rings. The quantitative estimate of drug-likeness (QED) is 0.531. The number of aromatic nitrogens is 1. The van der Waals surface area contributed by atoms with Gasteiger partial charge in [0.15, 0.2) is 0 Å². The molecule has 6 heteroatoms. The molecule has 0 saturated carbocycles. The molecular formula is C21H23N5S. The molecule has 1 saturated heterocycles. The third kappa shape index (κ3) is 3.76. The molecule has 0 aliphatic carbocycles. The minimum atomic E-state index is 0.544. The maximum Gasteiger partial charge on any atom is 0.132 e. The van der Waals surface area contributed by atoms with E-state index in [2.05, 4.69) is 39.1 Å². The molecule has 3 heterocycles. The van der Waals surface area contributed by atoms with Gasteiger partial charge in [0.25, 0.3) is 0 Å². The van der Waals surface area contributed by atoms with Crippen LogP contribution in [0.2, 0.25) is 0 Å². The highest BCUT2D eigenvalue weighted by atomic mass is 32.1. The Hall–Kier alpha value is -2.59. The fourth-order valence-corrected chi connectivity index (χ4v) is 4.34. The SMILES string of the molecule is CN1CCN(CC#Cc2cnc(N)c3c(-c4ccc(N)cc4)csc23)CC1. The van der Waals surface area contributed by atoms with Crippen LogP contribution >= 0.6 is 11.3 Å². The van der Waals surface area contributed by atoms with Crippen molar-refractivity contribution < 1.29 is 0 Å². The zero-order chi connectivity index (χ0) is 18.8. The van der Waals surface area contributed by atoms with Crippen molar-refractivity contribution in [3.05, 3.63) is 41.4 Å². The summed E-state index contributed by atoms with van der Waals surface area (Å²) in [5, 5.41) is 3.11. The number of hydrogen-bond donors (Lipinski definition) is 2. The summed E-state index contributed by atoms with van der Waals surface area (Å²) in [6.45, 7) is 5.13. The molecule has 0 radical (unpaired) electrons. The average Bonchev–Trinajstić information content (AvgIpc) is 3.12. The third-order valence-electron chi connectivity index (χ3n) is 4.97. The zero-order valence-electron chi connectivity index (χ0n) is 15.4. The first-order valence-electron chi connectivity index (χ1n) is 9.03. The van der Waals surface area contributed by atoms with Crippen LogP contribution in [0.1, 0.15) is 5.56 Å². The summed E-state index contributed by atoms with van der Waals surface area (Å²) in [6.07, 6.45) is 1.79. The van der Waals surface area contributed by atoms with Crippen molar-refractivity contribution in [2.24, 2.45) is 0 Å². The maximum atomic E-state index is 6.21. The minimum Gasteiger partial charge on any atom is -0.399 e. The lowest BCUT2D eigenvalue weighted by Crippen LogP contribution is -2.44. The first-order chi connectivity index (χ1) is 13.1. The summed E-state index contributed by atoms with van der Waals surface area (Å²) in [5.41, 5.74) is 15.9. The van der Waals surface area contributed by atoms with Crippen LogP contribution in [-0.2, 0) is 0 Å². The van der Waals surface area contributed by atoms with Crippen LogP contribution in [0.3, 0.4) is 0 Å². The van der Waals surface area contributed by atoms with E-state index in [1.54, 1.807) is 17.5 Å². The van der Waals surface area contributed by atoms with E-state index >= 15 is 0 Å². The van der Waals surface area contributed by atoms with E-state index < -0.39 is 0 Å². The van der Waals surface area contributed by atoms with E-state index in [0.29, 0.717) is 5.82 Å². The van der Waals surface area contributed by atoms with Crippen LogP contribution in [0.15, 0.2) is 35.8 Å². The topological polar surface area (TPSA) is 71.4 Å². The summed E-state index contributed by atoms with van der Waals surface area (Å²) in [4.78, 5) is 9.14. The molecule has 0 unspecified atom stereocenters. The van der Waals surface area contributed by atoms with Crippen molar-refractivity contribution in [1.29, 1.82) is 0 Å². The predicted molar refractivity (Wildman–Crippen MR) is 115 cm³/mol. The van der Waals surface area contributed by atoms with Gasteiger partial charge in [-0.15, -0.1) is 11.3 Å². The van der Waals surface area contributed by atoms with Crippen LogP contribution < -0.4 is 11.5 Å². The number of rotatable bonds is 2. The largest absolute Gasteiger partial charge is 0.399 e. The normalized spacial score (nSPS) is 15.6. The van der Waals surface area contributed by atoms with Crippen molar-refractivity contribution in [2.75, 3.05) is 51.2 Å². The highest BCUT2D eigenvalue weighted by molar-refractivity contribution is 7.18. The van der Waals surface area contributed by atoms with E-state index in [0.717, 1.165) is 65.2 Å². The summed E-state index contributed by atoms with van der Waals surface area (Å²) < 4.78 is 1.10.